The highest BCUT2D eigenvalue weighted by Crippen LogP contribution is 2.10. The van der Waals surface area contributed by atoms with Crippen LogP contribution in [0.15, 0.2) is 24.3 Å². The number of benzene rings is 1. The molecule has 1 nitrogen and oxygen atoms in total. The molecule has 1 aromatic rings. The maximum absolute atomic E-state index is 12.6. The molecule has 2 heteroatoms. The van der Waals surface area contributed by atoms with Gasteiger partial charge in [0.05, 0.1) is 0 Å². The molecule has 0 aromatic heterocycles. The molecule has 1 rings (SSSR count). The molecule has 0 aliphatic rings. The molecule has 0 fully saturated rings. The first-order chi connectivity index (χ1) is 5.74. The zero-order valence-corrected chi connectivity index (χ0v) is 6.96. The van der Waals surface area contributed by atoms with Gasteiger partial charge in [0.1, 0.15) is 12.5 Å². The van der Waals surface area contributed by atoms with Gasteiger partial charge < -0.3 is 0 Å². The number of alkyl halides is 1. The maximum Gasteiger partial charge on any atom is 0.150 e. The van der Waals surface area contributed by atoms with Crippen LogP contribution >= 0.6 is 0 Å². The summed E-state index contributed by atoms with van der Waals surface area (Å²) in [5.41, 5.74) is 1.37. The highest BCUT2D eigenvalue weighted by molar-refractivity contribution is 5.77. The van der Waals surface area contributed by atoms with Crippen molar-refractivity contribution in [2.24, 2.45) is 0 Å². The number of rotatable bonds is 3. The quantitative estimate of drug-likeness (QED) is 0.630. The predicted molar refractivity (Wildman–Crippen MR) is 46.1 cm³/mol. The highest BCUT2D eigenvalue weighted by atomic mass is 19.1. The van der Waals surface area contributed by atoms with Crippen LogP contribution in [0, 0.1) is 0 Å². The fourth-order valence-corrected chi connectivity index (χ4v) is 1.14. The minimum Gasteiger partial charge on any atom is -0.298 e. The van der Waals surface area contributed by atoms with Crippen molar-refractivity contribution in [2.75, 3.05) is 0 Å². The van der Waals surface area contributed by atoms with Crippen LogP contribution in [0.4, 0.5) is 4.39 Å². The third kappa shape index (κ3) is 2.16. The van der Waals surface area contributed by atoms with Gasteiger partial charge >= 0.3 is 0 Å². The van der Waals surface area contributed by atoms with E-state index in [-0.39, 0.29) is 0 Å². The molecular weight excluding hydrogens is 155 g/mol. The minimum absolute atomic E-state index is 0.314. The molecule has 12 heavy (non-hydrogen) atoms. The third-order valence-electron chi connectivity index (χ3n) is 1.68. The summed E-state index contributed by atoms with van der Waals surface area (Å²) in [5.74, 6) is 0. The summed E-state index contributed by atoms with van der Waals surface area (Å²) in [4.78, 5) is 10.5. The molecule has 64 valence electrons. The standard InChI is InChI=1S/C10H11FO/c1-8(11)6-9-4-2-3-5-10(9)7-12/h2-5,7-8H,6H2,1H3. The lowest BCUT2D eigenvalue weighted by molar-refractivity contribution is 0.112. The SMILES string of the molecule is CC(F)Cc1ccccc1C=O. The van der Waals surface area contributed by atoms with Crippen LogP contribution in [0.25, 0.3) is 0 Å². The molecule has 0 heterocycles. The number of aldehydes is 1. The lowest BCUT2D eigenvalue weighted by atomic mass is 10.0. The monoisotopic (exact) mass is 166 g/mol. The number of hydrogen-bond acceptors (Lipinski definition) is 1. The average molecular weight is 166 g/mol. The second kappa shape index (κ2) is 4.00. The van der Waals surface area contributed by atoms with Crippen molar-refractivity contribution in [1.29, 1.82) is 0 Å². The van der Waals surface area contributed by atoms with Crippen molar-refractivity contribution in [3.63, 3.8) is 0 Å². The molecule has 1 aromatic carbocycles. The van der Waals surface area contributed by atoms with Gasteiger partial charge in [0, 0.05) is 12.0 Å². The Hall–Kier alpha value is -1.18. The summed E-state index contributed by atoms with van der Waals surface area (Å²) < 4.78 is 12.6. The van der Waals surface area contributed by atoms with Crippen LogP contribution < -0.4 is 0 Å². The van der Waals surface area contributed by atoms with Gasteiger partial charge in [-0.15, -0.1) is 0 Å². The van der Waals surface area contributed by atoms with Crippen molar-refractivity contribution in [3.05, 3.63) is 35.4 Å². The lowest BCUT2D eigenvalue weighted by Gasteiger charge is -2.04. The van der Waals surface area contributed by atoms with Gasteiger partial charge in [0.25, 0.3) is 0 Å². The van der Waals surface area contributed by atoms with E-state index in [0.717, 1.165) is 11.8 Å². The molecule has 0 saturated heterocycles. The van der Waals surface area contributed by atoms with Crippen LogP contribution in [0.5, 0.6) is 0 Å². The van der Waals surface area contributed by atoms with E-state index in [4.69, 9.17) is 0 Å². The van der Waals surface area contributed by atoms with E-state index < -0.39 is 6.17 Å². The third-order valence-corrected chi connectivity index (χ3v) is 1.68. The Labute approximate surface area is 71.2 Å². The molecule has 1 atom stereocenters. The molecule has 0 amide bonds. The molecule has 0 radical (unpaired) electrons. The van der Waals surface area contributed by atoms with E-state index in [9.17, 15) is 9.18 Å². The number of carbonyl (C=O) groups excluding carboxylic acids is 1. The molecule has 0 aliphatic carbocycles. The van der Waals surface area contributed by atoms with Crippen LogP contribution in [0.2, 0.25) is 0 Å². The normalized spacial score (nSPS) is 12.5. The first-order valence-electron chi connectivity index (χ1n) is 3.91. The van der Waals surface area contributed by atoms with Gasteiger partial charge in [-0.25, -0.2) is 4.39 Å². The highest BCUT2D eigenvalue weighted by Gasteiger charge is 2.04. The predicted octanol–water partition coefficient (Wildman–Crippen LogP) is 2.40. The second-order valence-electron chi connectivity index (χ2n) is 2.80. The molecular formula is C10H11FO. The number of hydrogen-bond donors (Lipinski definition) is 0. The molecule has 0 saturated carbocycles. The van der Waals surface area contributed by atoms with Crippen LogP contribution in [-0.4, -0.2) is 12.5 Å². The van der Waals surface area contributed by atoms with Crippen molar-refractivity contribution >= 4 is 6.29 Å². The average Bonchev–Trinajstić information content (AvgIpc) is 2.04. The van der Waals surface area contributed by atoms with Crippen LogP contribution in [0.1, 0.15) is 22.8 Å². The lowest BCUT2D eigenvalue weighted by Crippen LogP contribution is -2.01. The largest absolute Gasteiger partial charge is 0.298 e. The second-order valence-corrected chi connectivity index (χ2v) is 2.80. The smallest absolute Gasteiger partial charge is 0.150 e. The van der Waals surface area contributed by atoms with Gasteiger partial charge in [0.2, 0.25) is 0 Å². The summed E-state index contributed by atoms with van der Waals surface area (Å²) in [6.07, 6.45) is 0.179. The topological polar surface area (TPSA) is 17.1 Å². The number of halogens is 1. The Kier molecular flexibility index (Phi) is 2.97. The minimum atomic E-state index is -0.897. The fraction of sp³-hybridized carbons (Fsp3) is 0.300. The summed E-state index contributed by atoms with van der Waals surface area (Å²) in [5, 5.41) is 0. The van der Waals surface area contributed by atoms with Crippen molar-refractivity contribution in [3.8, 4) is 0 Å². The number of carbonyl (C=O) groups is 1. The molecule has 0 aliphatic heterocycles. The van der Waals surface area contributed by atoms with Crippen molar-refractivity contribution in [2.45, 2.75) is 19.5 Å². The molecule has 0 N–H and O–H groups in total. The Bertz CT molecular complexity index is 268. The summed E-state index contributed by atoms with van der Waals surface area (Å²) in [7, 11) is 0. The molecule has 0 bridgehead atoms. The summed E-state index contributed by atoms with van der Waals surface area (Å²) >= 11 is 0. The Morgan fingerprint density at radius 3 is 2.75 bits per heavy atom. The van der Waals surface area contributed by atoms with Crippen LogP contribution in [0.3, 0.4) is 0 Å². The first kappa shape index (κ1) is 8.91. The van der Waals surface area contributed by atoms with Crippen LogP contribution in [-0.2, 0) is 6.42 Å². The van der Waals surface area contributed by atoms with Gasteiger partial charge in [0.15, 0.2) is 0 Å². The van der Waals surface area contributed by atoms with Gasteiger partial charge in [-0.3, -0.25) is 4.79 Å². The van der Waals surface area contributed by atoms with Gasteiger partial charge in [-0.05, 0) is 12.5 Å². The fourth-order valence-electron chi connectivity index (χ4n) is 1.14. The first-order valence-corrected chi connectivity index (χ1v) is 3.91. The zero-order valence-electron chi connectivity index (χ0n) is 6.96. The van der Waals surface area contributed by atoms with E-state index >= 15 is 0 Å². The molecule has 0 spiro atoms. The van der Waals surface area contributed by atoms with E-state index in [1.807, 2.05) is 6.07 Å². The zero-order chi connectivity index (χ0) is 8.97. The van der Waals surface area contributed by atoms with E-state index in [0.29, 0.717) is 12.0 Å². The van der Waals surface area contributed by atoms with Crippen molar-refractivity contribution < 1.29 is 9.18 Å². The van der Waals surface area contributed by atoms with Crippen molar-refractivity contribution in [1.82, 2.24) is 0 Å². The Morgan fingerprint density at radius 1 is 1.50 bits per heavy atom. The maximum atomic E-state index is 12.6. The summed E-state index contributed by atoms with van der Waals surface area (Å²) in [6.45, 7) is 1.49. The Morgan fingerprint density at radius 2 is 2.17 bits per heavy atom. The van der Waals surface area contributed by atoms with E-state index in [1.54, 1.807) is 18.2 Å². The van der Waals surface area contributed by atoms with E-state index in [1.165, 1.54) is 6.92 Å². The van der Waals surface area contributed by atoms with Gasteiger partial charge in [-0.1, -0.05) is 24.3 Å². The Balaban J connectivity index is 2.89. The van der Waals surface area contributed by atoms with E-state index in [2.05, 4.69) is 0 Å². The van der Waals surface area contributed by atoms with Gasteiger partial charge in [-0.2, -0.15) is 0 Å². The molecule has 1 unspecified atom stereocenters. The summed E-state index contributed by atoms with van der Waals surface area (Å²) in [6, 6.07) is 7.06.